The third-order valence-corrected chi connectivity index (χ3v) is 3.11. The van der Waals surface area contributed by atoms with Gasteiger partial charge >= 0.3 is 5.91 Å². The number of carbonyl (C=O) groups is 2. The Hall–Kier alpha value is -2.96. The molecule has 2 amide bonds. The van der Waals surface area contributed by atoms with Crippen LogP contribution in [0.1, 0.15) is 41.7 Å². The molecule has 0 unspecified atom stereocenters. The fourth-order valence-corrected chi connectivity index (χ4v) is 1.95. The Morgan fingerprint density at radius 3 is 2.48 bits per heavy atom. The lowest BCUT2D eigenvalue weighted by Gasteiger charge is -2.14. The summed E-state index contributed by atoms with van der Waals surface area (Å²) in [6.45, 7) is 6.93. The van der Waals surface area contributed by atoms with Gasteiger partial charge in [0.1, 0.15) is 0 Å². The van der Waals surface area contributed by atoms with Crippen LogP contribution in [0.4, 0.5) is 0 Å². The molecule has 0 aliphatic carbocycles. The Balaban J connectivity index is 2.03. The van der Waals surface area contributed by atoms with E-state index in [9.17, 15) is 9.59 Å². The molecule has 0 saturated carbocycles. The van der Waals surface area contributed by atoms with Gasteiger partial charge in [0.25, 0.3) is 5.91 Å². The standard InChI is InChI=1S/C18H22N2O5/c1-4-23-16-10-13(7-8-14(16)25-11-12(2)3)17(21)19-20-18(22)15-6-5-9-24-15/h5-10,12H,4,11H2,1-3H3,(H,19,21)(H,20,22). The molecule has 1 aromatic carbocycles. The summed E-state index contributed by atoms with van der Waals surface area (Å²) < 4.78 is 16.2. The average molecular weight is 346 g/mol. The van der Waals surface area contributed by atoms with E-state index >= 15 is 0 Å². The highest BCUT2D eigenvalue weighted by Crippen LogP contribution is 2.29. The highest BCUT2D eigenvalue weighted by atomic mass is 16.5. The van der Waals surface area contributed by atoms with Crippen molar-refractivity contribution in [2.24, 2.45) is 5.92 Å². The summed E-state index contributed by atoms with van der Waals surface area (Å²) in [5.74, 6) is 0.512. The second kappa shape index (κ2) is 8.77. The maximum absolute atomic E-state index is 12.2. The summed E-state index contributed by atoms with van der Waals surface area (Å²) in [5.41, 5.74) is 4.95. The third kappa shape index (κ3) is 5.27. The smallest absolute Gasteiger partial charge is 0.305 e. The number of rotatable bonds is 7. The summed E-state index contributed by atoms with van der Waals surface area (Å²) in [6, 6.07) is 7.94. The molecule has 2 N–H and O–H groups in total. The Kier molecular flexibility index (Phi) is 6.45. The van der Waals surface area contributed by atoms with Crippen LogP contribution in [0.2, 0.25) is 0 Å². The fourth-order valence-electron chi connectivity index (χ4n) is 1.95. The van der Waals surface area contributed by atoms with Crippen LogP contribution in [0.15, 0.2) is 41.0 Å². The topological polar surface area (TPSA) is 89.8 Å². The molecule has 1 aromatic heterocycles. The molecule has 134 valence electrons. The van der Waals surface area contributed by atoms with Crippen LogP contribution in [0.25, 0.3) is 0 Å². The number of hydrogen-bond acceptors (Lipinski definition) is 5. The number of carbonyl (C=O) groups excluding carboxylic acids is 2. The zero-order valence-electron chi connectivity index (χ0n) is 14.5. The van der Waals surface area contributed by atoms with E-state index in [4.69, 9.17) is 13.9 Å². The molecule has 0 fully saturated rings. The normalized spacial score (nSPS) is 10.4. The van der Waals surface area contributed by atoms with Gasteiger partial charge in [-0.3, -0.25) is 20.4 Å². The number of hydrogen-bond donors (Lipinski definition) is 2. The van der Waals surface area contributed by atoms with E-state index in [0.29, 0.717) is 36.2 Å². The van der Waals surface area contributed by atoms with Crippen LogP contribution in [-0.4, -0.2) is 25.0 Å². The zero-order valence-corrected chi connectivity index (χ0v) is 14.5. The van der Waals surface area contributed by atoms with Crippen LogP contribution in [-0.2, 0) is 0 Å². The molecular weight excluding hydrogens is 324 g/mol. The van der Waals surface area contributed by atoms with Crippen molar-refractivity contribution in [3.05, 3.63) is 47.9 Å². The van der Waals surface area contributed by atoms with E-state index in [0.717, 1.165) is 0 Å². The van der Waals surface area contributed by atoms with Gasteiger partial charge in [0.15, 0.2) is 17.3 Å². The molecule has 7 heteroatoms. The Morgan fingerprint density at radius 2 is 1.84 bits per heavy atom. The van der Waals surface area contributed by atoms with Crippen molar-refractivity contribution < 1.29 is 23.5 Å². The molecule has 0 atom stereocenters. The van der Waals surface area contributed by atoms with E-state index in [1.165, 1.54) is 12.3 Å². The van der Waals surface area contributed by atoms with Crippen molar-refractivity contribution in [2.75, 3.05) is 13.2 Å². The Morgan fingerprint density at radius 1 is 1.08 bits per heavy atom. The van der Waals surface area contributed by atoms with Crippen LogP contribution < -0.4 is 20.3 Å². The zero-order chi connectivity index (χ0) is 18.2. The van der Waals surface area contributed by atoms with Gasteiger partial charge in [-0.2, -0.15) is 0 Å². The highest BCUT2D eigenvalue weighted by Gasteiger charge is 2.14. The second-order valence-electron chi connectivity index (χ2n) is 5.68. The summed E-state index contributed by atoms with van der Waals surface area (Å²) in [5, 5.41) is 0. The number of nitrogens with one attached hydrogen (secondary N) is 2. The van der Waals surface area contributed by atoms with Crippen molar-refractivity contribution in [3.8, 4) is 11.5 Å². The lowest BCUT2D eigenvalue weighted by molar-refractivity contribution is 0.0830. The number of furan rings is 1. The van der Waals surface area contributed by atoms with Crippen LogP contribution in [0.3, 0.4) is 0 Å². The van der Waals surface area contributed by atoms with Crippen LogP contribution in [0.5, 0.6) is 11.5 Å². The van der Waals surface area contributed by atoms with Gasteiger partial charge in [-0.05, 0) is 43.2 Å². The number of benzene rings is 1. The van der Waals surface area contributed by atoms with E-state index in [2.05, 4.69) is 10.9 Å². The van der Waals surface area contributed by atoms with E-state index < -0.39 is 11.8 Å². The summed E-state index contributed by atoms with van der Waals surface area (Å²) >= 11 is 0. The summed E-state index contributed by atoms with van der Waals surface area (Å²) in [4.78, 5) is 23.9. The summed E-state index contributed by atoms with van der Waals surface area (Å²) in [6.07, 6.45) is 1.38. The first-order valence-electron chi connectivity index (χ1n) is 8.05. The SMILES string of the molecule is CCOc1cc(C(=O)NNC(=O)c2ccco2)ccc1OCC(C)C. The van der Waals surface area contributed by atoms with Crippen LogP contribution >= 0.6 is 0 Å². The number of ether oxygens (including phenoxy) is 2. The molecular formula is C18H22N2O5. The first-order valence-corrected chi connectivity index (χ1v) is 8.05. The van der Waals surface area contributed by atoms with E-state index in [1.54, 1.807) is 24.3 Å². The van der Waals surface area contributed by atoms with Gasteiger partial charge < -0.3 is 13.9 Å². The highest BCUT2D eigenvalue weighted by molar-refractivity contribution is 5.98. The van der Waals surface area contributed by atoms with Gasteiger partial charge in [-0.25, -0.2) is 0 Å². The molecule has 0 spiro atoms. The molecule has 0 radical (unpaired) electrons. The second-order valence-corrected chi connectivity index (χ2v) is 5.68. The van der Waals surface area contributed by atoms with E-state index in [-0.39, 0.29) is 5.76 Å². The predicted octanol–water partition coefficient (Wildman–Crippen LogP) is 2.79. The van der Waals surface area contributed by atoms with Crippen molar-refractivity contribution in [3.63, 3.8) is 0 Å². The summed E-state index contributed by atoms with van der Waals surface area (Å²) in [7, 11) is 0. The van der Waals surface area contributed by atoms with Crippen molar-refractivity contribution in [1.29, 1.82) is 0 Å². The molecule has 0 aliphatic heterocycles. The van der Waals surface area contributed by atoms with Crippen molar-refractivity contribution in [1.82, 2.24) is 10.9 Å². The lowest BCUT2D eigenvalue weighted by Crippen LogP contribution is -2.41. The molecule has 2 rings (SSSR count). The van der Waals surface area contributed by atoms with Crippen LogP contribution in [0, 0.1) is 5.92 Å². The molecule has 0 aliphatic rings. The number of hydrazine groups is 1. The molecule has 0 saturated heterocycles. The first kappa shape index (κ1) is 18.4. The Bertz CT molecular complexity index is 710. The minimum atomic E-state index is -0.541. The van der Waals surface area contributed by atoms with Crippen molar-refractivity contribution in [2.45, 2.75) is 20.8 Å². The monoisotopic (exact) mass is 346 g/mol. The maximum atomic E-state index is 12.2. The van der Waals surface area contributed by atoms with Gasteiger partial charge in [-0.15, -0.1) is 0 Å². The molecule has 7 nitrogen and oxygen atoms in total. The average Bonchev–Trinajstić information content (AvgIpc) is 3.13. The number of amides is 2. The molecule has 2 aromatic rings. The lowest BCUT2D eigenvalue weighted by atomic mass is 10.2. The molecule has 25 heavy (non-hydrogen) atoms. The van der Waals surface area contributed by atoms with E-state index in [1.807, 2.05) is 20.8 Å². The predicted molar refractivity (Wildman–Crippen MR) is 91.6 cm³/mol. The van der Waals surface area contributed by atoms with Gasteiger partial charge in [0, 0.05) is 5.56 Å². The minimum Gasteiger partial charge on any atom is -0.490 e. The molecule has 1 heterocycles. The van der Waals surface area contributed by atoms with Gasteiger partial charge in [0.05, 0.1) is 19.5 Å². The minimum absolute atomic E-state index is 0.104. The first-order chi connectivity index (χ1) is 12.0. The molecule has 0 bridgehead atoms. The van der Waals surface area contributed by atoms with Gasteiger partial charge in [0.2, 0.25) is 0 Å². The van der Waals surface area contributed by atoms with Crippen molar-refractivity contribution >= 4 is 11.8 Å². The fraction of sp³-hybridized carbons (Fsp3) is 0.333. The Labute approximate surface area is 146 Å². The third-order valence-electron chi connectivity index (χ3n) is 3.11. The quantitative estimate of drug-likeness (QED) is 0.753. The largest absolute Gasteiger partial charge is 0.490 e. The van der Waals surface area contributed by atoms with Gasteiger partial charge in [-0.1, -0.05) is 13.8 Å². The maximum Gasteiger partial charge on any atom is 0.305 e.